The summed E-state index contributed by atoms with van der Waals surface area (Å²) in [7, 11) is 0. The van der Waals surface area contributed by atoms with Crippen molar-refractivity contribution in [1.29, 1.82) is 0 Å². The zero-order valence-electron chi connectivity index (χ0n) is 12.6. The molecule has 2 aromatic rings. The van der Waals surface area contributed by atoms with Gasteiger partial charge >= 0.3 is 0 Å². The predicted molar refractivity (Wildman–Crippen MR) is 88.8 cm³/mol. The van der Waals surface area contributed by atoms with Gasteiger partial charge in [-0.2, -0.15) is 5.10 Å². The summed E-state index contributed by atoms with van der Waals surface area (Å²) in [4.78, 5) is 23.9. The second-order valence-corrected chi connectivity index (χ2v) is 6.25. The Morgan fingerprint density at radius 1 is 1.27 bits per heavy atom. The number of nitrogens with zero attached hydrogens (tertiary/aromatic N) is 2. The molecule has 0 radical (unpaired) electrons. The fourth-order valence-corrected chi connectivity index (χ4v) is 2.98. The Balaban J connectivity index is 2.44. The van der Waals surface area contributed by atoms with Crippen molar-refractivity contribution in [2.75, 3.05) is 5.32 Å². The molecule has 12 heteroatoms. The molecule has 26 heavy (non-hydrogen) atoms. The van der Waals surface area contributed by atoms with E-state index >= 15 is 0 Å². The number of benzene rings is 1. The van der Waals surface area contributed by atoms with E-state index in [0.29, 0.717) is 10.7 Å². The van der Waals surface area contributed by atoms with Crippen LogP contribution in [-0.4, -0.2) is 28.0 Å². The maximum absolute atomic E-state index is 12.8. The summed E-state index contributed by atoms with van der Waals surface area (Å²) < 4.78 is 51.5. The number of halogens is 6. The van der Waals surface area contributed by atoms with E-state index in [4.69, 9.17) is 17.3 Å². The Bertz CT molecular complexity index is 860. The van der Waals surface area contributed by atoms with Gasteiger partial charge in [0.05, 0.1) is 11.3 Å². The Morgan fingerprint density at radius 2 is 1.92 bits per heavy atom. The van der Waals surface area contributed by atoms with Crippen LogP contribution >= 0.6 is 27.5 Å². The fraction of sp³-hybridized carbons (Fsp3) is 0.214. The molecule has 140 valence electrons. The molecule has 1 aromatic heterocycles. The van der Waals surface area contributed by atoms with E-state index in [1.165, 1.54) is 12.1 Å². The quantitative estimate of drug-likeness (QED) is 0.646. The molecule has 6 nitrogen and oxygen atoms in total. The highest BCUT2D eigenvalue weighted by molar-refractivity contribution is 9.10. The number of nitrogens with one attached hydrogen (secondary N) is 1. The number of rotatable bonds is 6. The van der Waals surface area contributed by atoms with E-state index in [-0.39, 0.29) is 20.7 Å². The number of nitrogens with two attached hydrogens (primary N) is 1. The highest BCUT2D eigenvalue weighted by atomic mass is 79.9. The van der Waals surface area contributed by atoms with Crippen LogP contribution in [0.5, 0.6) is 0 Å². The minimum atomic E-state index is -3.05. The predicted octanol–water partition coefficient (Wildman–Crippen LogP) is 3.85. The highest BCUT2D eigenvalue weighted by Gasteiger charge is 2.24. The number of carbonyl (C=O) groups is 2. The van der Waals surface area contributed by atoms with Crippen molar-refractivity contribution in [2.45, 2.75) is 19.4 Å². The number of hydrogen-bond acceptors (Lipinski definition) is 3. The third-order valence-corrected chi connectivity index (χ3v) is 3.97. The molecule has 1 heterocycles. The van der Waals surface area contributed by atoms with Crippen molar-refractivity contribution in [3.05, 3.63) is 44.6 Å². The number of alkyl halides is 4. The van der Waals surface area contributed by atoms with E-state index in [1.54, 1.807) is 0 Å². The second-order valence-electron chi connectivity index (χ2n) is 4.96. The van der Waals surface area contributed by atoms with Gasteiger partial charge in [-0.1, -0.05) is 11.6 Å². The smallest absolute Gasteiger partial charge is 0.282 e. The van der Waals surface area contributed by atoms with Gasteiger partial charge in [0.15, 0.2) is 0 Å². The lowest BCUT2D eigenvalue weighted by atomic mass is 10.1. The van der Waals surface area contributed by atoms with Crippen molar-refractivity contribution < 1.29 is 27.2 Å². The van der Waals surface area contributed by atoms with Gasteiger partial charge in [-0.05, 0) is 34.1 Å². The van der Waals surface area contributed by atoms with Crippen LogP contribution in [-0.2, 0) is 6.54 Å². The molecule has 0 aliphatic rings. The van der Waals surface area contributed by atoms with E-state index in [0.717, 1.165) is 0 Å². The summed E-state index contributed by atoms with van der Waals surface area (Å²) in [6.45, 7) is -1.06. The van der Waals surface area contributed by atoms with Crippen LogP contribution in [0.4, 0.5) is 23.2 Å². The molecule has 1 aromatic carbocycles. The highest BCUT2D eigenvalue weighted by Crippen LogP contribution is 2.31. The molecule has 3 N–H and O–H groups in total. The third-order valence-electron chi connectivity index (χ3n) is 3.13. The van der Waals surface area contributed by atoms with Gasteiger partial charge in [-0.3, -0.25) is 14.3 Å². The summed E-state index contributed by atoms with van der Waals surface area (Å²) in [6, 6.07) is 3.23. The Labute approximate surface area is 157 Å². The maximum Gasteiger partial charge on any atom is 0.282 e. The standard InChI is InChI=1S/C14H10BrClF4N4O2/c15-7-2-5(16)1-6(13(21)25)11(7)22-14(26)9-3-8(12(19)20)23-24(9)4-10(17)18/h1-3,10,12H,4H2,(H2,21,25)(H,22,26). The second kappa shape index (κ2) is 8.04. The van der Waals surface area contributed by atoms with Crippen molar-refractivity contribution in [3.8, 4) is 0 Å². The summed E-state index contributed by atoms with van der Waals surface area (Å²) in [5, 5.41) is 5.73. The van der Waals surface area contributed by atoms with Gasteiger partial charge in [0.2, 0.25) is 0 Å². The fourth-order valence-electron chi connectivity index (χ4n) is 2.07. The molecular formula is C14H10BrClF4N4O2. The molecule has 0 spiro atoms. The van der Waals surface area contributed by atoms with Gasteiger partial charge in [0.1, 0.15) is 17.9 Å². The summed E-state index contributed by atoms with van der Waals surface area (Å²) in [5.74, 6) is -1.95. The molecule has 0 atom stereocenters. The van der Waals surface area contributed by atoms with E-state index in [9.17, 15) is 27.2 Å². The Hall–Kier alpha value is -2.14. The largest absolute Gasteiger partial charge is 0.366 e. The average Bonchev–Trinajstić information content (AvgIpc) is 2.92. The van der Waals surface area contributed by atoms with Gasteiger partial charge in [-0.15, -0.1) is 0 Å². The summed E-state index contributed by atoms with van der Waals surface area (Å²) in [5.41, 5.74) is 3.61. The van der Waals surface area contributed by atoms with E-state index in [2.05, 4.69) is 26.3 Å². The summed E-state index contributed by atoms with van der Waals surface area (Å²) >= 11 is 8.89. The number of amides is 2. The van der Waals surface area contributed by atoms with Crippen LogP contribution in [0.1, 0.15) is 33.0 Å². The first-order valence-electron chi connectivity index (χ1n) is 6.84. The molecule has 0 bridgehead atoms. The third kappa shape index (κ3) is 4.52. The van der Waals surface area contributed by atoms with Crippen molar-refractivity contribution in [1.82, 2.24) is 9.78 Å². The van der Waals surface area contributed by atoms with Gasteiger partial charge < -0.3 is 11.1 Å². The minimum Gasteiger partial charge on any atom is -0.366 e. The number of carbonyl (C=O) groups excluding carboxylic acids is 2. The van der Waals surface area contributed by atoms with Gasteiger partial charge in [0, 0.05) is 9.50 Å². The number of hydrogen-bond donors (Lipinski definition) is 2. The molecule has 2 rings (SSSR count). The minimum absolute atomic E-state index is 0.0877. The Morgan fingerprint density at radius 3 is 2.46 bits per heavy atom. The SMILES string of the molecule is NC(=O)c1cc(Cl)cc(Br)c1NC(=O)c1cc(C(F)F)nn1CC(F)F. The average molecular weight is 458 g/mol. The number of aromatic nitrogens is 2. The first kappa shape index (κ1) is 20.2. The zero-order chi connectivity index (χ0) is 19.6. The van der Waals surface area contributed by atoms with Crippen molar-refractivity contribution in [2.24, 2.45) is 5.73 Å². The molecular weight excluding hydrogens is 448 g/mol. The molecule has 0 aliphatic carbocycles. The van der Waals surface area contributed by atoms with Crippen LogP contribution in [0.3, 0.4) is 0 Å². The lowest BCUT2D eigenvalue weighted by molar-refractivity contribution is 0.0985. The van der Waals surface area contributed by atoms with Gasteiger partial charge in [0.25, 0.3) is 24.7 Å². The van der Waals surface area contributed by atoms with E-state index < -0.39 is 42.6 Å². The first-order valence-corrected chi connectivity index (χ1v) is 8.01. The normalized spacial score (nSPS) is 11.2. The van der Waals surface area contributed by atoms with Crippen LogP contribution in [0, 0.1) is 0 Å². The van der Waals surface area contributed by atoms with Gasteiger partial charge in [-0.25, -0.2) is 17.6 Å². The van der Waals surface area contributed by atoms with E-state index in [1.807, 2.05) is 0 Å². The maximum atomic E-state index is 12.8. The first-order chi connectivity index (χ1) is 12.1. The summed E-state index contributed by atoms with van der Waals surface area (Å²) in [6.07, 6.45) is -5.97. The van der Waals surface area contributed by atoms with Crippen molar-refractivity contribution >= 4 is 45.0 Å². The van der Waals surface area contributed by atoms with Crippen LogP contribution < -0.4 is 11.1 Å². The number of anilines is 1. The molecule has 0 saturated heterocycles. The molecule has 0 unspecified atom stereocenters. The zero-order valence-corrected chi connectivity index (χ0v) is 15.0. The monoisotopic (exact) mass is 456 g/mol. The molecule has 0 fully saturated rings. The van der Waals surface area contributed by atoms with Crippen LogP contribution in [0.15, 0.2) is 22.7 Å². The molecule has 0 saturated carbocycles. The number of primary amides is 1. The van der Waals surface area contributed by atoms with Crippen LogP contribution in [0.2, 0.25) is 5.02 Å². The lowest BCUT2D eigenvalue weighted by Crippen LogP contribution is -2.22. The topological polar surface area (TPSA) is 90.0 Å². The van der Waals surface area contributed by atoms with Crippen LogP contribution in [0.25, 0.3) is 0 Å². The molecule has 0 aliphatic heterocycles. The van der Waals surface area contributed by atoms with Crippen molar-refractivity contribution in [3.63, 3.8) is 0 Å². The molecule has 2 amide bonds. The lowest BCUT2D eigenvalue weighted by Gasteiger charge is -2.12. The Kier molecular flexibility index (Phi) is 6.24.